The van der Waals surface area contributed by atoms with Crippen LogP contribution in [-0.2, 0) is 0 Å². The van der Waals surface area contributed by atoms with Crippen molar-refractivity contribution in [1.82, 2.24) is 4.90 Å². The van der Waals surface area contributed by atoms with Gasteiger partial charge in [0.05, 0.1) is 5.56 Å². The van der Waals surface area contributed by atoms with Gasteiger partial charge in [0, 0.05) is 12.2 Å². The van der Waals surface area contributed by atoms with E-state index in [1.807, 2.05) is 29.2 Å². The van der Waals surface area contributed by atoms with E-state index in [0.717, 1.165) is 30.1 Å². The first-order chi connectivity index (χ1) is 10.5. The van der Waals surface area contributed by atoms with Crippen LogP contribution in [-0.4, -0.2) is 23.5 Å². The predicted molar refractivity (Wildman–Crippen MR) is 88.6 cm³/mol. The summed E-state index contributed by atoms with van der Waals surface area (Å²) in [6.07, 6.45) is 4.86. The number of likely N-dealkylation sites (N-methyl/N-ethyl adjacent to an activating group) is 1. The Balaban J connectivity index is 1.73. The van der Waals surface area contributed by atoms with Crippen molar-refractivity contribution in [2.24, 2.45) is 17.3 Å². The van der Waals surface area contributed by atoms with Crippen molar-refractivity contribution in [3.8, 4) is 0 Å². The Morgan fingerprint density at radius 3 is 2.77 bits per heavy atom. The van der Waals surface area contributed by atoms with Gasteiger partial charge in [-0.15, -0.1) is 0 Å². The second-order valence-electron chi connectivity index (χ2n) is 7.43. The Kier molecular flexibility index (Phi) is 2.91. The zero-order valence-corrected chi connectivity index (χ0v) is 13.6. The second kappa shape index (κ2) is 4.61. The summed E-state index contributed by atoms with van der Waals surface area (Å²) in [5.74, 6) is 1.58. The first-order valence-corrected chi connectivity index (χ1v) is 8.40. The zero-order chi connectivity index (χ0) is 15.5. The van der Waals surface area contributed by atoms with Crippen molar-refractivity contribution in [2.45, 2.75) is 39.8 Å². The number of allylic oxidation sites excluding steroid dienone is 1. The third-order valence-electron chi connectivity index (χ3n) is 6.19. The topological polar surface area (TPSA) is 32.3 Å². The minimum absolute atomic E-state index is 0.0259. The molecule has 3 heteroatoms. The molecule has 1 amide bonds. The van der Waals surface area contributed by atoms with Gasteiger partial charge >= 0.3 is 0 Å². The highest BCUT2D eigenvalue weighted by atomic mass is 16.2. The van der Waals surface area contributed by atoms with E-state index in [4.69, 9.17) is 0 Å². The fourth-order valence-electron chi connectivity index (χ4n) is 4.59. The standard InChI is InChI=1S/C19H24N2O/c1-4-21-17(13-10-9-12-11-15(13)19(12,2)3)20-16-8-6-5-7-14(16)18(21)22/h5-8,10,12,15,17,20H,4,9,11H2,1-3H3. The van der Waals surface area contributed by atoms with Crippen molar-refractivity contribution in [3.63, 3.8) is 0 Å². The van der Waals surface area contributed by atoms with Crippen LogP contribution >= 0.6 is 0 Å². The third-order valence-corrected chi connectivity index (χ3v) is 6.19. The molecule has 3 unspecified atom stereocenters. The number of anilines is 1. The lowest BCUT2D eigenvalue weighted by Gasteiger charge is -2.58. The average Bonchev–Trinajstić information content (AvgIpc) is 2.54. The number of para-hydroxylation sites is 1. The number of hydrogen-bond donors (Lipinski definition) is 1. The van der Waals surface area contributed by atoms with Crippen LogP contribution in [0.4, 0.5) is 5.69 Å². The minimum Gasteiger partial charge on any atom is -0.361 e. The Labute approximate surface area is 132 Å². The normalized spacial score (nSPS) is 31.8. The molecule has 4 aliphatic rings. The highest BCUT2D eigenvalue weighted by molar-refractivity contribution is 6.02. The van der Waals surface area contributed by atoms with E-state index in [2.05, 4.69) is 32.2 Å². The van der Waals surface area contributed by atoms with Gasteiger partial charge < -0.3 is 10.2 Å². The van der Waals surface area contributed by atoms with Gasteiger partial charge in [0.25, 0.3) is 5.91 Å². The second-order valence-corrected chi connectivity index (χ2v) is 7.43. The Morgan fingerprint density at radius 2 is 2.09 bits per heavy atom. The van der Waals surface area contributed by atoms with Gasteiger partial charge in [-0.2, -0.15) is 0 Å². The summed E-state index contributed by atoms with van der Waals surface area (Å²) in [7, 11) is 0. The summed E-state index contributed by atoms with van der Waals surface area (Å²) in [5, 5.41) is 3.63. The van der Waals surface area contributed by atoms with Gasteiger partial charge in [-0.3, -0.25) is 4.79 Å². The van der Waals surface area contributed by atoms with Gasteiger partial charge in [-0.25, -0.2) is 0 Å². The molecule has 3 nitrogen and oxygen atoms in total. The van der Waals surface area contributed by atoms with E-state index in [-0.39, 0.29) is 12.1 Å². The van der Waals surface area contributed by atoms with Crippen LogP contribution in [0.1, 0.15) is 44.0 Å². The number of carbonyl (C=O) groups excluding carboxylic acids is 1. The van der Waals surface area contributed by atoms with Gasteiger partial charge in [-0.05, 0) is 54.7 Å². The lowest BCUT2D eigenvalue weighted by atomic mass is 9.48. The smallest absolute Gasteiger partial charge is 0.257 e. The summed E-state index contributed by atoms with van der Waals surface area (Å²) < 4.78 is 0. The number of fused-ring (bicyclic) bond motifs is 2. The number of rotatable bonds is 2. The summed E-state index contributed by atoms with van der Waals surface area (Å²) in [4.78, 5) is 14.8. The van der Waals surface area contributed by atoms with E-state index in [1.54, 1.807) is 0 Å². The molecule has 1 aliphatic heterocycles. The van der Waals surface area contributed by atoms with Gasteiger partial charge in [0.2, 0.25) is 0 Å². The number of nitrogens with zero attached hydrogens (tertiary/aromatic N) is 1. The molecule has 1 aromatic rings. The molecule has 0 radical (unpaired) electrons. The quantitative estimate of drug-likeness (QED) is 0.840. The fourth-order valence-corrected chi connectivity index (χ4v) is 4.59. The van der Waals surface area contributed by atoms with Crippen LogP contribution in [0, 0.1) is 17.3 Å². The van der Waals surface area contributed by atoms with E-state index < -0.39 is 0 Å². The summed E-state index contributed by atoms with van der Waals surface area (Å²) >= 11 is 0. The highest BCUT2D eigenvalue weighted by Gasteiger charge is 2.53. The lowest BCUT2D eigenvalue weighted by Crippen LogP contribution is -2.57. The Morgan fingerprint density at radius 1 is 1.32 bits per heavy atom. The maximum atomic E-state index is 12.8. The molecule has 0 aromatic heterocycles. The van der Waals surface area contributed by atoms with Crippen molar-refractivity contribution >= 4 is 11.6 Å². The SMILES string of the molecule is CCN1C(=O)c2ccccc2NC1C1=CCC2CC1C2(C)C. The van der Waals surface area contributed by atoms with Crippen LogP contribution in [0.25, 0.3) is 0 Å². The van der Waals surface area contributed by atoms with Crippen LogP contribution in [0.15, 0.2) is 35.9 Å². The summed E-state index contributed by atoms with van der Waals surface area (Å²) in [5.41, 5.74) is 3.58. The van der Waals surface area contributed by atoms with Crippen molar-refractivity contribution < 1.29 is 4.79 Å². The number of hydrogen-bond acceptors (Lipinski definition) is 2. The first-order valence-electron chi connectivity index (χ1n) is 8.40. The van der Waals surface area contributed by atoms with E-state index in [0.29, 0.717) is 11.3 Å². The van der Waals surface area contributed by atoms with Crippen LogP contribution < -0.4 is 5.32 Å². The molecular formula is C19H24N2O. The predicted octanol–water partition coefficient (Wildman–Crippen LogP) is 3.89. The summed E-state index contributed by atoms with van der Waals surface area (Å²) in [6, 6.07) is 7.87. The van der Waals surface area contributed by atoms with Crippen molar-refractivity contribution in [1.29, 1.82) is 0 Å². The largest absolute Gasteiger partial charge is 0.361 e. The highest BCUT2D eigenvalue weighted by Crippen LogP contribution is 2.60. The molecule has 1 heterocycles. The van der Waals surface area contributed by atoms with Crippen molar-refractivity contribution in [3.05, 3.63) is 41.5 Å². The maximum Gasteiger partial charge on any atom is 0.257 e. The van der Waals surface area contributed by atoms with Gasteiger partial charge in [0.1, 0.15) is 6.17 Å². The average molecular weight is 296 g/mol. The monoisotopic (exact) mass is 296 g/mol. The lowest BCUT2D eigenvalue weighted by molar-refractivity contribution is -0.0148. The first kappa shape index (κ1) is 13.9. The Bertz CT molecular complexity index is 661. The summed E-state index contributed by atoms with van der Waals surface area (Å²) in [6.45, 7) is 7.57. The maximum absolute atomic E-state index is 12.8. The molecule has 0 spiro atoms. The van der Waals surface area contributed by atoms with Crippen LogP contribution in [0.5, 0.6) is 0 Å². The molecule has 1 aromatic carbocycles. The molecule has 1 fully saturated rings. The third kappa shape index (κ3) is 1.71. The molecule has 0 saturated heterocycles. The molecule has 116 valence electrons. The molecular weight excluding hydrogens is 272 g/mol. The number of nitrogens with one attached hydrogen (secondary N) is 1. The van der Waals surface area contributed by atoms with E-state index in [9.17, 15) is 4.79 Å². The van der Waals surface area contributed by atoms with Crippen LogP contribution in [0.3, 0.4) is 0 Å². The molecule has 5 rings (SSSR count). The number of amides is 1. The van der Waals surface area contributed by atoms with Crippen LogP contribution in [0.2, 0.25) is 0 Å². The molecule has 1 N–H and O–H groups in total. The molecule has 2 bridgehead atoms. The minimum atomic E-state index is 0.0259. The fraction of sp³-hybridized carbons (Fsp3) is 0.526. The molecule has 3 aliphatic carbocycles. The number of benzene rings is 1. The van der Waals surface area contributed by atoms with Gasteiger partial charge in [-0.1, -0.05) is 32.1 Å². The molecule has 3 atom stereocenters. The Hall–Kier alpha value is -1.77. The van der Waals surface area contributed by atoms with E-state index >= 15 is 0 Å². The van der Waals surface area contributed by atoms with Crippen molar-refractivity contribution in [2.75, 3.05) is 11.9 Å². The number of carbonyl (C=O) groups is 1. The molecule has 1 saturated carbocycles. The zero-order valence-electron chi connectivity index (χ0n) is 13.6. The van der Waals surface area contributed by atoms with Gasteiger partial charge in [0.15, 0.2) is 0 Å². The van der Waals surface area contributed by atoms with E-state index in [1.165, 1.54) is 12.0 Å². The molecule has 22 heavy (non-hydrogen) atoms.